The summed E-state index contributed by atoms with van der Waals surface area (Å²) in [5.74, 6) is 1.04. The highest BCUT2D eigenvalue weighted by atomic mass is 16.4. The van der Waals surface area contributed by atoms with Crippen molar-refractivity contribution in [3.63, 3.8) is 0 Å². The molecule has 0 aliphatic carbocycles. The monoisotopic (exact) mass is 383 g/mol. The van der Waals surface area contributed by atoms with Crippen molar-refractivity contribution < 1.29 is 9.52 Å². The van der Waals surface area contributed by atoms with E-state index in [0.717, 1.165) is 17.5 Å². The molecule has 0 aliphatic rings. The molecule has 0 atom stereocenters. The Morgan fingerprint density at radius 2 is 1.75 bits per heavy atom. The molecule has 28 heavy (non-hydrogen) atoms. The van der Waals surface area contributed by atoms with Crippen LogP contribution in [0.5, 0.6) is 0 Å². The van der Waals surface area contributed by atoms with Crippen molar-refractivity contribution in [1.29, 1.82) is 0 Å². The lowest BCUT2D eigenvalue weighted by Crippen LogP contribution is -2.35. The van der Waals surface area contributed by atoms with E-state index in [2.05, 4.69) is 60.2 Å². The van der Waals surface area contributed by atoms with Gasteiger partial charge >= 0.3 is 0 Å². The minimum Gasteiger partial charge on any atom is -0.436 e. The van der Waals surface area contributed by atoms with Crippen LogP contribution < -0.4 is 10.6 Å². The standard InChI is InChI=1S/C21H29N5O2/c1-13-17-15(14(11-27)10-24-13)16(25-19-22-8-7-9-23-19)18(28-17)26-21(5,6)12-20(2,3)4/h7-10,26-27H,11-12H2,1-6H3,(H,22,23,25). The first kappa shape index (κ1) is 20.1. The van der Waals surface area contributed by atoms with E-state index in [1.54, 1.807) is 24.7 Å². The predicted octanol–water partition coefficient (Wildman–Crippen LogP) is 4.79. The van der Waals surface area contributed by atoms with Crippen LogP contribution in [-0.2, 0) is 6.61 Å². The third-order valence-electron chi connectivity index (χ3n) is 4.37. The minimum absolute atomic E-state index is 0.140. The minimum atomic E-state index is -0.221. The molecule has 7 heteroatoms. The number of nitrogens with one attached hydrogen (secondary N) is 2. The lowest BCUT2D eigenvalue weighted by Gasteiger charge is -2.33. The van der Waals surface area contributed by atoms with E-state index in [0.29, 0.717) is 28.7 Å². The molecule has 150 valence electrons. The molecule has 3 N–H and O–H groups in total. The van der Waals surface area contributed by atoms with Crippen LogP contribution in [0.2, 0.25) is 0 Å². The number of anilines is 3. The molecule has 3 heterocycles. The average Bonchev–Trinajstić information content (AvgIpc) is 2.93. The molecule has 0 spiro atoms. The maximum Gasteiger partial charge on any atom is 0.227 e. The Labute approximate surface area is 165 Å². The third kappa shape index (κ3) is 4.42. The van der Waals surface area contributed by atoms with Crippen molar-refractivity contribution in [3.05, 3.63) is 35.9 Å². The number of hydrogen-bond acceptors (Lipinski definition) is 7. The van der Waals surface area contributed by atoms with Gasteiger partial charge in [0.15, 0.2) is 5.58 Å². The van der Waals surface area contributed by atoms with Gasteiger partial charge in [0.2, 0.25) is 11.8 Å². The molecule has 0 aliphatic heterocycles. The molecule has 0 fully saturated rings. The largest absolute Gasteiger partial charge is 0.436 e. The first-order valence-electron chi connectivity index (χ1n) is 9.44. The predicted molar refractivity (Wildman–Crippen MR) is 112 cm³/mol. The van der Waals surface area contributed by atoms with E-state index < -0.39 is 0 Å². The van der Waals surface area contributed by atoms with Crippen LogP contribution in [0.15, 0.2) is 29.1 Å². The number of aromatic nitrogens is 3. The van der Waals surface area contributed by atoms with Gasteiger partial charge in [0, 0.05) is 29.7 Å². The van der Waals surface area contributed by atoms with Crippen LogP contribution in [0.3, 0.4) is 0 Å². The van der Waals surface area contributed by atoms with Gasteiger partial charge in [-0.1, -0.05) is 20.8 Å². The number of nitrogens with zero attached hydrogens (tertiary/aromatic N) is 3. The van der Waals surface area contributed by atoms with Gasteiger partial charge in [-0.3, -0.25) is 4.98 Å². The van der Waals surface area contributed by atoms with Crippen LogP contribution >= 0.6 is 0 Å². The summed E-state index contributed by atoms with van der Waals surface area (Å²) in [4.78, 5) is 12.9. The fourth-order valence-electron chi connectivity index (χ4n) is 3.77. The smallest absolute Gasteiger partial charge is 0.227 e. The number of furan rings is 1. The summed E-state index contributed by atoms with van der Waals surface area (Å²) in [6.45, 7) is 12.7. The quantitative estimate of drug-likeness (QED) is 0.563. The molecule has 3 rings (SSSR count). The number of fused-ring (bicyclic) bond motifs is 1. The van der Waals surface area contributed by atoms with Crippen molar-refractivity contribution in [2.45, 2.75) is 60.1 Å². The van der Waals surface area contributed by atoms with E-state index >= 15 is 0 Å². The SMILES string of the molecule is Cc1ncc(CO)c2c(Nc3ncccn3)c(NC(C)(C)CC(C)(C)C)oc12. The topological polar surface area (TPSA) is 96.1 Å². The average molecular weight is 383 g/mol. The fraction of sp³-hybridized carbons (Fsp3) is 0.476. The Hall–Kier alpha value is -2.67. The van der Waals surface area contributed by atoms with Crippen molar-refractivity contribution in [1.82, 2.24) is 15.0 Å². The van der Waals surface area contributed by atoms with Crippen molar-refractivity contribution in [2.24, 2.45) is 5.41 Å². The highest BCUT2D eigenvalue weighted by Crippen LogP contribution is 2.41. The maximum atomic E-state index is 9.85. The van der Waals surface area contributed by atoms with E-state index in [1.807, 2.05) is 6.92 Å². The number of aliphatic hydroxyl groups excluding tert-OH is 1. The zero-order valence-electron chi connectivity index (χ0n) is 17.4. The summed E-state index contributed by atoms with van der Waals surface area (Å²) in [5.41, 5.74) is 2.71. The van der Waals surface area contributed by atoms with Crippen molar-refractivity contribution in [2.75, 3.05) is 10.6 Å². The highest BCUT2D eigenvalue weighted by Gasteiger charge is 2.29. The van der Waals surface area contributed by atoms with E-state index in [-0.39, 0.29) is 17.6 Å². The first-order chi connectivity index (χ1) is 13.1. The molecule has 0 saturated heterocycles. The molecule has 3 aromatic rings. The van der Waals surface area contributed by atoms with Gasteiger partial charge in [-0.2, -0.15) is 0 Å². The molecule has 7 nitrogen and oxygen atoms in total. The van der Waals surface area contributed by atoms with Crippen LogP contribution in [0.25, 0.3) is 11.0 Å². The number of rotatable bonds is 6. The van der Waals surface area contributed by atoms with Crippen molar-refractivity contribution >= 4 is 28.5 Å². The Kier molecular flexibility index (Phi) is 5.30. The van der Waals surface area contributed by atoms with Gasteiger partial charge in [-0.25, -0.2) is 9.97 Å². The van der Waals surface area contributed by atoms with E-state index in [9.17, 15) is 5.11 Å². The third-order valence-corrected chi connectivity index (χ3v) is 4.37. The highest BCUT2D eigenvalue weighted by molar-refractivity contribution is 6.01. The molecule has 0 bridgehead atoms. The van der Waals surface area contributed by atoms with Crippen LogP contribution in [0.1, 0.15) is 52.3 Å². The molecule has 0 radical (unpaired) electrons. The summed E-state index contributed by atoms with van der Waals surface area (Å²) >= 11 is 0. The zero-order chi connectivity index (χ0) is 20.5. The first-order valence-corrected chi connectivity index (χ1v) is 9.44. The second kappa shape index (κ2) is 7.39. The van der Waals surface area contributed by atoms with E-state index in [4.69, 9.17) is 4.42 Å². The molecular formula is C21H29N5O2. The van der Waals surface area contributed by atoms with Gasteiger partial charge in [0.1, 0.15) is 5.69 Å². The molecule has 0 amide bonds. The summed E-state index contributed by atoms with van der Waals surface area (Å²) < 4.78 is 6.19. The summed E-state index contributed by atoms with van der Waals surface area (Å²) in [5, 5.41) is 17.4. The van der Waals surface area contributed by atoms with Gasteiger partial charge in [0.25, 0.3) is 0 Å². The Balaban J connectivity index is 2.13. The number of aryl methyl sites for hydroxylation is 1. The molecule has 0 saturated carbocycles. The van der Waals surface area contributed by atoms with Crippen LogP contribution in [0.4, 0.5) is 17.5 Å². The second-order valence-corrected chi connectivity index (χ2v) is 8.98. The normalized spacial score (nSPS) is 12.4. The van der Waals surface area contributed by atoms with Crippen LogP contribution in [-0.4, -0.2) is 25.6 Å². The van der Waals surface area contributed by atoms with E-state index in [1.165, 1.54) is 0 Å². The maximum absolute atomic E-state index is 9.85. The lowest BCUT2D eigenvalue weighted by molar-refractivity contribution is 0.283. The van der Waals surface area contributed by atoms with Crippen LogP contribution in [0, 0.1) is 12.3 Å². The van der Waals surface area contributed by atoms with Gasteiger partial charge in [-0.05, 0) is 38.7 Å². The number of hydrogen-bond donors (Lipinski definition) is 3. The molecule has 0 unspecified atom stereocenters. The van der Waals surface area contributed by atoms with Gasteiger partial charge in [-0.15, -0.1) is 0 Å². The summed E-state index contributed by atoms with van der Waals surface area (Å²) in [6, 6.07) is 1.76. The van der Waals surface area contributed by atoms with Gasteiger partial charge in [0.05, 0.1) is 17.7 Å². The Morgan fingerprint density at radius 1 is 1.07 bits per heavy atom. The zero-order valence-corrected chi connectivity index (χ0v) is 17.4. The second-order valence-electron chi connectivity index (χ2n) is 8.98. The fourth-order valence-corrected chi connectivity index (χ4v) is 3.77. The lowest BCUT2D eigenvalue weighted by atomic mass is 9.82. The molecule has 0 aromatic carbocycles. The number of pyridine rings is 1. The molecule has 3 aromatic heterocycles. The van der Waals surface area contributed by atoms with Gasteiger partial charge < -0.3 is 20.2 Å². The summed E-state index contributed by atoms with van der Waals surface area (Å²) in [6.07, 6.45) is 5.96. The van der Waals surface area contributed by atoms with Crippen molar-refractivity contribution in [3.8, 4) is 0 Å². The Bertz CT molecular complexity index is 958. The number of aliphatic hydroxyl groups is 1. The summed E-state index contributed by atoms with van der Waals surface area (Å²) in [7, 11) is 0. The molecular weight excluding hydrogens is 354 g/mol. The Morgan fingerprint density at radius 3 is 2.36 bits per heavy atom.